The van der Waals surface area contributed by atoms with Gasteiger partial charge in [0.05, 0.1) is 11.3 Å². The largest absolute Gasteiger partial charge is 0.462 e. The molecule has 28 heavy (non-hydrogen) atoms. The van der Waals surface area contributed by atoms with Gasteiger partial charge in [0.25, 0.3) is 0 Å². The second-order valence-electron chi connectivity index (χ2n) is 7.03. The summed E-state index contributed by atoms with van der Waals surface area (Å²) in [4.78, 5) is 10.0. The van der Waals surface area contributed by atoms with E-state index in [9.17, 15) is 13.2 Å². The summed E-state index contributed by atoms with van der Waals surface area (Å²) in [5, 5.41) is 3.99. The fourth-order valence-corrected chi connectivity index (χ4v) is 3.98. The van der Waals surface area contributed by atoms with Gasteiger partial charge in [-0.2, -0.15) is 13.2 Å². The first-order valence-corrected chi connectivity index (χ1v) is 9.44. The number of pyridine rings is 1. The monoisotopic (exact) mass is 452 g/mol. The summed E-state index contributed by atoms with van der Waals surface area (Å²) in [6.07, 6.45) is -0.180. The van der Waals surface area contributed by atoms with Crippen LogP contribution < -0.4 is 4.74 Å². The predicted molar refractivity (Wildman–Crippen MR) is 102 cm³/mol. The number of rotatable bonds is 3. The number of halogens is 4. The van der Waals surface area contributed by atoms with Crippen LogP contribution >= 0.6 is 15.9 Å². The molecule has 4 nitrogen and oxygen atoms in total. The molecular formula is C20H16BrF3N2O2. The average molecular weight is 453 g/mol. The molecule has 1 aliphatic heterocycles. The van der Waals surface area contributed by atoms with Crippen LogP contribution in [-0.2, 0) is 16.4 Å². The van der Waals surface area contributed by atoms with E-state index in [2.05, 4.69) is 26.1 Å². The minimum Gasteiger partial charge on any atom is -0.462 e. The lowest BCUT2D eigenvalue weighted by molar-refractivity contribution is -0.137. The smallest absolute Gasteiger partial charge is 0.416 e. The van der Waals surface area contributed by atoms with Gasteiger partial charge in [-0.3, -0.25) is 4.98 Å². The highest BCUT2D eigenvalue weighted by molar-refractivity contribution is 9.18. The zero-order valence-electron chi connectivity index (χ0n) is 14.8. The standard InChI is InChI=1S/C20H16BrF3N2O2/c1-19(17-10-18(21)26-28-17)11-14(9-16-15(19)6-3-7-25-16)27-13-5-2-4-12(8-13)20(22,23)24/h2-9,17H,10-11H2,1H3/t17-,19?/m1/s1. The first-order chi connectivity index (χ1) is 13.3. The number of fused-ring (bicyclic) bond motifs is 1. The van der Waals surface area contributed by atoms with Crippen molar-refractivity contribution in [1.82, 2.24) is 4.98 Å². The summed E-state index contributed by atoms with van der Waals surface area (Å²) >= 11 is 3.36. The second-order valence-corrected chi connectivity index (χ2v) is 7.95. The normalized spacial score (nSPS) is 24.1. The lowest BCUT2D eigenvalue weighted by Gasteiger charge is -2.38. The molecule has 0 saturated carbocycles. The molecule has 0 bridgehead atoms. The van der Waals surface area contributed by atoms with Crippen molar-refractivity contribution in [2.45, 2.75) is 37.5 Å². The van der Waals surface area contributed by atoms with E-state index >= 15 is 0 Å². The third-order valence-corrected chi connectivity index (χ3v) is 5.52. The number of alkyl halides is 3. The molecule has 0 amide bonds. The van der Waals surface area contributed by atoms with E-state index in [1.165, 1.54) is 12.1 Å². The maximum atomic E-state index is 13.0. The Morgan fingerprint density at radius 1 is 1.25 bits per heavy atom. The van der Waals surface area contributed by atoms with Crippen molar-refractivity contribution >= 4 is 26.6 Å². The highest BCUT2D eigenvalue weighted by Gasteiger charge is 2.45. The van der Waals surface area contributed by atoms with Crippen molar-refractivity contribution in [3.8, 4) is 5.75 Å². The van der Waals surface area contributed by atoms with Crippen LogP contribution in [0.25, 0.3) is 6.08 Å². The van der Waals surface area contributed by atoms with Gasteiger partial charge in [0.2, 0.25) is 0 Å². The molecule has 2 heterocycles. The summed E-state index contributed by atoms with van der Waals surface area (Å²) in [5.74, 6) is 0.659. The molecule has 2 atom stereocenters. The molecule has 0 radical (unpaired) electrons. The third kappa shape index (κ3) is 3.53. The number of nitrogens with zero attached hydrogens (tertiary/aromatic N) is 2. The Morgan fingerprint density at radius 2 is 2.07 bits per heavy atom. The van der Waals surface area contributed by atoms with Gasteiger partial charge in [-0.05, 0) is 45.8 Å². The van der Waals surface area contributed by atoms with Crippen LogP contribution in [0.3, 0.4) is 0 Å². The van der Waals surface area contributed by atoms with Gasteiger partial charge in [-0.25, -0.2) is 0 Å². The number of benzene rings is 1. The summed E-state index contributed by atoms with van der Waals surface area (Å²) in [5.41, 5.74) is 0.465. The molecular weight excluding hydrogens is 437 g/mol. The minimum absolute atomic E-state index is 0.132. The molecule has 2 aromatic rings. The Hall–Kier alpha value is -2.35. The number of hydrogen-bond acceptors (Lipinski definition) is 4. The number of hydrogen-bond donors (Lipinski definition) is 0. The summed E-state index contributed by atoms with van der Waals surface area (Å²) in [6, 6.07) is 8.69. The Bertz CT molecular complexity index is 974. The molecule has 1 aromatic heterocycles. The van der Waals surface area contributed by atoms with Gasteiger partial charge in [0.1, 0.15) is 22.2 Å². The molecule has 1 aliphatic carbocycles. The van der Waals surface area contributed by atoms with Gasteiger partial charge in [-0.1, -0.05) is 24.2 Å². The quantitative estimate of drug-likeness (QED) is 0.601. The molecule has 1 unspecified atom stereocenters. The van der Waals surface area contributed by atoms with E-state index in [1.807, 2.05) is 19.1 Å². The highest BCUT2D eigenvalue weighted by atomic mass is 79.9. The molecule has 4 rings (SSSR count). The summed E-state index contributed by atoms with van der Waals surface area (Å²) < 4.78 is 45.5. The topological polar surface area (TPSA) is 43.7 Å². The lowest BCUT2D eigenvalue weighted by atomic mass is 9.70. The van der Waals surface area contributed by atoms with Crippen molar-refractivity contribution in [3.05, 3.63) is 65.2 Å². The molecule has 1 aromatic carbocycles. The first-order valence-electron chi connectivity index (χ1n) is 8.65. The fraction of sp³-hybridized carbons (Fsp3) is 0.300. The maximum absolute atomic E-state index is 13.0. The lowest BCUT2D eigenvalue weighted by Crippen LogP contribution is -2.40. The third-order valence-electron chi connectivity index (χ3n) is 5.05. The highest BCUT2D eigenvalue weighted by Crippen LogP contribution is 2.45. The Labute approximate surface area is 168 Å². The van der Waals surface area contributed by atoms with Crippen molar-refractivity contribution in [3.63, 3.8) is 0 Å². The van der Waals surface area contributed by atoms with Crippen LogP contribution in [0.4, 0.5) is 13.2 Å². The van der Waals surface area contributed by atoms with Gasteiger partial charge < -0.3 is 9.57 Å². The van der Waals surface area contributed by atoms with Crippen molar-refractivity contribution < 1.29 is 22.7 Å². The molecule has 146 valence electrons. The second kappa shape index (κ2) is 6.92. The average Bonchev–Trinajstić information content (AvgIpc) is 3.08. The molecule has 0 spiro atoms. The minimum atomic E-state index is -4.43. The molecule has 8 heteroatoms. The predicted octanol–water partition coefficient (Wildman–Crippen LogP) is 5.68. The number of ether oxygens (including phenoxy) is 1. The van der Waals surface area contributed by atoms with Gasteiger partial charge in [0, 0.05) is 30.5 Å². The Morgan fingerprint density at radius 3 is 2.79 bits per heavy atom. The first kappa shape index (κ1) is 19.0. The van der Waals surface area contributed by atoms with Crippen LogP contribution in [0.5, 0.6) is 5.75 Å². The zero-order valence-corrected chi connectivity index (χ0v) is 16.4. The van der Waals surface area contributed by atoms with Gasteiger partial charge >= 0.3 is 6.18 Å². The molecule has 0 saturated heterocycles. The van der Waals surface area contributed by atoms with Crippen LogP contribution in [0.2, 0.25) is 0 Å². The molecule has 0 N–H and O–H groups in total. The van der Waals surface area contributed by atoms with E-state index in [1.54, 1.807) is 12.3 Å². The van der Waals surface area contributed by atoms with E-state index < -0.39 is 17.2 Å². The van der Waals surface area contributed by atoms with Crippen molar-refractivity contribution in [2.75, 3.05) is 0 Å². The summed E-state index contributed by atoms with van der Waals surface area (Å²) in [7, 11) is 0. The SMILES string of the molecule is CC1([C@H]2CC(Br)=NO2)CC(Oc2cccc(C(F)(F)F)c2)=Cc2ncccc21. The Balaban J connectivity index is 1.67. The van der Waals surface area contributed by atoms with Crippen LogP contribution in [-0.4, -0.2) is 15.7 Å². The van der Waals surface area contributed by atoms with Crippen LogP contribution in [0.15, 0.2) is 53.5 Å². The van der Waals surface area contributed by atoms with Crippen LogP contribution in [0, 0.1) is 0 Å². The van der Waals surface area contributed by atoms with E-state index in [0.29, 0.717) is 24.3 Å². The van der Waals surface area contributed by atoms with E-state index in [-0.39, 0.29) is 11.9 Å². The van der Waals surface area contributed by atoms with E-state index in [0.717, 1.165) is 22.3 Å². The number of allylic oxidation sites excluding steroid dienone is 1. The van der Waals surface area contributed by atoms with Gasteiger partial charge in [-0.15, -0.1) is 0 Å². The van der Waals surface area contributed by atoms with E-state index in [4.69, 9.17) is 9.57 Å². The van der Waals surface area contributed by atoms with Gasteiger partial charge in [0.15, 0.2) is 0 Å². The Kier molecular flexibility index (Phi) is 4.69. The maximum Gasteiger partial charge on any atom is 0.416 e. The molecule has 2 aliphatic rings. The zero-order chi connectivity index (χ0) is 19.9. The number of oxime groups is 1. The molecule has 0 fully saturated rings. The van der Waals surface area contributed by atoms with Crippen molar-refractivity contribution in [1.29, 1.82) is 0 Å². The summed E-state index contributed by atoms with van der Waals surface area (Å²) in [6.45, 7) is 2.03. The van der Waals surface area contributed by atoms with Crippen LogP contribution in [0.1, 0.15) is 36.6 Å². The number of aromatic nitrogens is 1. The van der Waals surface area contributed by atoms with Crippen molar-refractivity contribution in [2.24, 2.45) is 5.16 Å². The fourth-order valence-electron chi connectivity index (χ4n) is 3.61.